The standard InChI is InChI=1S/C16H13ClF5N3/c17-12-10(8-23)3-6-25-11(13(16(20,21)22)24-14(12)25)7-9-1-4-15(18,19)5-2-9/h3,6,9H,1-2,4-5,7H2. The highest BCUT2D eigenvalue weighted by atomic mass is 35.5. The van der Waals surface area contributed by atoms with Crippen LogP contribution in [-0.2, 0) is 12.6 Å². The predicted octanol–water partition coefficient (Wildman–Crippen LogP) is 5.25. The van der Waals surface area contributed by atoms with Gasteiger partial charge in [0.2, 0.25) is 5.92 Å². The van der Waals surface area contributed by atoms with E-state index in [0.29, 0.717) is 0 Å². The van der Waals surface area contributed by atoms with Crippen molar-refractivity contribution >= 4 is 17.2 Å². The van der Waals surface area contributed by atoms with E-state index in [-0.39, 0.29) is 59.9 Å². The molecule has 2 aromatic rings. The van der Waals surface area contributed by atoms with Crippen LogP contribution in [0, 0.1) is 17.2 Å². The van der Waals surface area contributed by atoms with Gasteiger partial charge in [0, 0.05) is 19.0 Å². The third-order valence-corrected chi connectivity index (χ3v) is 4.91. The van der Waals surface area contributed by atoms with Gasteiger partial charge in [-0.3, -0.25) is 0 Å². The van der Waals surface area contributed by atoms with Gasteiger partial charge in [0.05, 0.1) is 11.3 Å². The molecule has 0 aliphatic heterocycles. The number of fused-ring (bicyclic) bond motifs is 1. The summed E-state index contributed by atoms with van der Waals surface area (Å²) in [5.74, 6) is -3.02. The molecule has 0 radical (unpaired) electrons. The van der Waals surface area contributed by atoms with Gasteiger partial charge in [-0.25, -0.2) is 13.8 Å². The molecule has 1 aliphatic rings. The first kappa shape index (κ1) is 17.9. The summed E-state index contributed by atoms with van der Waals surface area (Å²) in [5, 5.41) is 8.80. The quantitative estimate of drug-likeness (QED) is 0.671. The number of rotatable bonds is 2. The van der Waals surface area contributed by atoms with Gasteiger partial charge in [-0.1, -0.05) is 11.6 Å². The van der Waals surface area contributed by atoms with Crippen LogP contribution in [-0.4, -0.2) is 15.3 Å². The summed E-state index contributed by atoms with van der Waals surface area (Å²) in [4.78, 5) is 3.59. The zero-order valence-electron chi connectivity index (χ0n) is 12.9. The predicted molar refractivity (Wildman–Crippen MR) is 80.5 cm³/mol. The molecule has 9 heteroatoms. The SMILES string of the molecule is N#Cc1ccn2c(CC3CCC(F)(F)CC3)c(C(F)(F)F)nc2c1Cl. The molecule has 134 valence electrons. The maximum absolute atomic E-state index is 13.4. The van der Waals surface area contributed by atoms with E-state index in [4.69, 9.17) is 16.9 Å². The van der Waals surface area contributed by atoms with E-state index in [9.17, 15) is 22.0 Å². The number of aromatic nitrogens is 2. The molecule has 3 rings (SSSR count). The lowest BCUT2D eigenvalue weighted by atomic mass is 9.83. The fourth-order valence-electron chi connectivity index (χ4n) is 3.21. The Morgan fingerprint density at radius 1 is 1.32 bits per heavy atom. The van der Waals surface area contributed by atoms with Crippen LogP contribution in [0.4, 0.5) is 22.0 Å². The number of nitrogens with zero attached hydrogens (tertiary/aromatic N) is 3. The highest BCUT2D eigenvalue weighted by Crippen LogP contribution is 2.40. The Bertz CT molecular complexity index is 840. The Hall–Kier alpha value is -1.88. The largest absolute Gasteiger partial charge is 0.435 e. The van der Waals surface area contributed by atoms with Crippen LogP contribution in [0.15, 0.2) is 12.3 Å². The monoisotopic (exact) mass is 377 g/mol. The van der Waals surface area contributed by atoms with Crippen molar-refractivity contribution in [2.24, 2.45) is 5.92 Å². The number of halogens is 6. The molecule has 0 bridgehead atoms. The molecule has 0 N–H and O–H groups in total. The second-order valence-corrected chi connectivity index (χ2v) is 6.64. The maximum atomic E-state index is 13.4. The topological polar surface area (TPSA) is 41.1 Å². The Morgan fingerprint density at radius 3 is 2.52 bits per heavy atom. The first-order chi connectivity index (χ1) is 11.6. The van der Waals surface area contributed by atoms with Crippen LogP contribution in [0.25, 0.3) is 5.65 Å². The fraction of sp³-hybridized carbons (Fsp3) is 0.500. The van der Waals surface area contributed by atoms with Crippen molar-refractivity contribution in [2.75, 3.05) is 0 Å². The molecule has 0 atom stereocenters. The maximum Gasteiger partial charge on any atom is 0.435 e. The molecule has 25 heavy (non-hydrogen) atoms. The van der Waals surface area contributed by atoms with Crippen molar-refractivity contribution in [3.63, 3.8) is 0 Å². The van der Waals surface area contributed by atoms with Crippen molar-refractivity contribution in [3.8, 4) is 6.07 Å². The number of imidazole rings is 1. The second kappa shape index (κ2) is 6.13. The van der Waals surface area contributed by atoms with Gasteiger partial charge in [0.15, 0.2) is 11.3 Å². The van der Waals surface area contributed by atoms with E-state index < -0.39 is 17.8 Å². The summed E-state index contributed by atoms with van der Waals surface area (Å²) < 4.78 is 67.9. The average molecular weight is 378 g/mol. The van der Waals surface area contributed by atoms with Crippen molar-refractivity contribution in [1.29, 1.82) is 5.26 Å². The average Bonchev–Trinajstić information content (AvgIpc) is 2.89. The number of pyridine rings is 1. The molecule has 0 spiro atoms. The summed E-state index contributed by atoms with van der Waals surface area (Å²) in [6.07, 6.45) is -3.74. The van der Waals surface area contributed by atoms with Gasteiger partial charge in [-0.15, -0.1) is 0 Å². The molecule has 3 nitrogen and oxygen atoms in total. The van der Waals surface area contributed by atoms with Crippen LogP contribution in [0.1, 0.15) is 42.6 Å². The van der Waals surface area contributed by atoms with E-state index in [1.165, 1.54) is 16.7 Å². The number of nitriles is 1. The molecule has 1 fully saturated rings. The summed E-state index contributed by atoms with van der Waals surface area (Å²) in [5.41, 5.74) is -1.31. The van der Waals surface area contributed by atoms with E-state index >= 15 is 0 Å². The molecule has 2 heterocycles. The van der Waals surface area contributed by atoms with Gasteiger partial charge in [0.25, 0.3) is 0 Å². The summed E-state index contributed by atoms with van der Waals surface area (Å²) in [6, 6.07) is 3.11. The third-order valence-electron chi connectivity index (χ3n) is 4.54. The number of alkyl halides is 5. The van der Waals surface area contributed by atoms with Crippen molar-refractivity contribution < 1.29 is 22.0 Å². The molecule has 1 saturated carbocycles. The van der Waals surface area contributed by atoms with Crippen molar-refractivity contribution in [3.05, 3.63) is 34.2 Å². The van der Waals surface area contributed by atoms with Gasteiger partial charge in [0.1, 0.15) is 11.1 Å². The number of hydrogen-bond acceptors (Lipinski definition) is 2. The van der Waals surface area contributed by atoms with E-state index in [0.717, 1.165) is 0 Å². The summed E-state index contributed by atoms with van der Waals surface area (Å²) in [6.45, 7) is 0. The lowest BCUT2D eigenvalue weighted by molar-refractivity contribution is -0.141. The van der Waals surface area contributed by atoms with Crippen LogP contribution in [0.5, 0.6) is 0 Å². The van der Waals surface area contributed by atoms with Crippen molar-refractivity contribution in [2.45, 2.75) is 44.2 Å². The molecular weight excluding hydrogens is 365 g/mol. The van der Waals surface area contributed by atoms with Crippen molar-refractivity contribution in [1.82, 2.24) is 9.38 Å². The minimum Gasteiger partial charge on any atom is -0.302 e. The van der Waals surface area contributed by atoms with Gasteiger partial charge in [-0.05, 0) is 31.2 Å². The highest BCUT2D eigenvalue weighted by molar-refractivity contribution is 6.34. The van der Waals surface area contributed by atoms with Gasteiger partial charge < -0.3 is 4.40 Å². The van der Waals surface area contributed by atoms with Crippen LogP contribution in [0.3, 0.4) is 0 Å². The lowest BCUT2D eigenvalue weighted by Crippen LogP contribution is -2.26. The minimum absolute atomic E-state index is 0.0195. The molecule has 0 aromatic carbocycles. The molecule has 0 saturated heterocycles. The van der Waals surface area contributed by atoms with E-state index in [1.807, 2.05) is 0 Å². The van der Waals surface area contributed by atoms with Gasteiger partial charge >= 0.3 is 6.18 Å². The summed E-state index contributed by atoms with van der Waals surface area (Å²) >= 11 is 5.98. The molecule has 1 aliphatic carbocycles. The molecular formula is C16H13ClF5N3. The first-order valence-corrected chi connectivity index (χ1v) is 8.05. The zero-order valence-corrected chi connectivity index (χ0v) is 13.6. The Balaban J connectivity index is 2.04. The Labute approximate surface area is 145 Å². The van der Waals surface area contributed by atoms with Crippen LogP contribution in [0.2, 0.25) is 5.02 Å². The molecule has 2 aromatic heterocycles. The Kier molecular flexibility index (Phi) is 4.40. The fourth-order valence-corrected chi connectivity index (χ4v) is 3.45. The van der Waals surface area contributed by atoms with Crippen LogP contribution >= 0.6 is 11.6 Å². The zero-order chi connectivity index (χ0) is 18.4. The van der Waals surface area contributed by atoms with Gasteiger partial charge in [-0.2, -0.15) is 18.4 Å². The lowest BCUT2D eigenvalue weighted by Gasteiger charge is -2.28. The number of hydrogen-bond donors (Lipinski definition) is 0. The first-order valence-electron chi connectivity index (χ1n) is 7.67. The highest BCUT2D eigenvalue weighted by Gasteiger charge is 2.40. The molecule has 0 unspecified atom stereocenters. The molecule has 0 amide bonds. The second-order valence-electron chi connectivity index (χ2n) is 6.26. The van der Waals surface area contributed by atoms with E-state index in [1.54, 1.807) is 6.07 Å². The third kappa shape index (κ3) is 3.43. The minimum atomic E-state index is -4.70. The smallest absolute Gasteiger partial charge is 0.302 e. The van der Waals surface area contributed by atoms with E-state index in [2.05, 4.69) is 4.98 Å². The van der Waals surface area contributed by atoms with Crippen LogP contribution < -0.4 is 0 Å². The Morgan fingerprint density at radius 2 is 1.96 bits per heavy atom. The normalized spacial score (nSPS) is 18.4. The summed E-state index contributed by atoms with van der Waals surface area (Å²) in [7, 11) is 0.